The zero-order valence-electron chi connectivity index (χ0n) is 26.5. The van der Waals surface area contributed by atoms with Crippen molar-refractivity contribution in [2.24, 2.45) is 46.3 Å². The number of ketones is 1. The molecule has 1 unspecified atom stereocenters. The lowest BCUT2D eigenvalue weighted by Crippen LogP contribution is -2.63. The fourth-order valence-corrected chi connectivity index (χ4v) is 10.4. The summed E-state index contributed by atoms with van der Waals surface area (Å²) in [5.41, 5.74) is -1.06. The third kappa shape index (κ3) is 5.70. The van der Waals surface area contributed by atoms with E-state index in [9.17, 15) is 23.2 Å². The Morgan fingerprint density at radius 2 is 1.57 bits per heavy atom. The average Bonchev–Trinajstić information content (AvgIpc) is 3.28. The van der Waals surface area contributed by atoms with E-state index in [1.807, 2.05) is 6.92 Å². The van der Waals surface area contributed by atoms with Crippen LogP contribution in [0.1, 0.15) is 110 Å². The molecule has 44 heavy (non-hydrogen) atoms. The minimum atomic E-state index is -2.99. The first-order valence-electron chi connectivity index (χ1n) is 16.3. The van der Waals surface area contributed by atoms with E-state index in [2.05, 4.69) is 13.8 Å². The zero-order valence-corrected chi connectivity index (χ0v) is 26.5. The van der Waals surface area contributed by atoms with Gasteiger partial charge in [0.05, 0.1) is 5.56 Å². The van der Waals surface area contributed by atoms with Crippen LogP contribution in [0.3, 0.4) is 0 Å². The third-order valence-electron chi connectivity index (χ3n) is 12.3. The largest absolute Gasteiger partial charge is 0.457 e. The summed E-state index contributed by atoms with van der Waals surface area (Å²) >= 11 is 0. The zero-order chi connectivity index (χ0) is 32.2. The van der Waals surface area contributed by atoms with Crippen molar-refractivity contribution in [3.05, 3.63) is 35.4 Å². The molecule has 4 aliphatic carbocycles. The van der Waals surface area contributed by atoms with Crippen molar-refractivity contribution in [1.82, 2.24) is 0 Å². The smallest absolute Gasteiger partial charge is 0.303 e. The SMILES string of the molecule is CC(=O)OC(CCC[C@@H](C)[C@H]1CC[C@H]2[C@H]3[C@H](CC[C@]12C)[C@@]1(C)CC[C@H](OC(C)=O)C(=O)[C@@H]1CC3(F)F)c1c(F)cccc1F. The Balaban J connectivity index is 1.29. The van der Waals surface area contributed by atoms with E-state index < -0.39 is 65.4 Å². The quantitative estimate of drug-likeness (QED) is 0.215. The van der Waals surface area contributed by atoms with Crippen LogP contribution in [0.4, 0.5) is 17.6 Å². The van der Waals surface area contributed by atoms with Gasteiger partial charge in [0.1, 0.15) is 17.7 Å². The van der Waals surface area contributed by atoms with Gasteiger partial charge in [-0.2, -0.15) is 0 Å². The van der Waals surface area contributed by atoms with Crippen molar-refractivity contribution in [3.63, 3.8) is 0 Å². The van der Waals surface area contributed by atoms with Crippen molar-refractivity contribution < 1.29 is 41.4 Å². The molecule has 0 heterocycles. The first kappa shape index (κ1) is 32.9. The minimum absolute atomic E-state index is 0.163. The van der Waals surface area contributed by atoms with Crippen molar-refractivity contribution in [1.29, 1.82) is 0 Å². The van der Waals surface area contributed by atoms with E-state index >= 15 is 8.78 Å². The molecule has 0 bridgehead atoms. The van der Waals surface area contributed by atoms with Gasteiger partial charge in [-0.05, 0) is 98.0 Å². The Kier molecular flexibility index (Phi) is 9.02. The van der Waals surface area contributed by atoms with Crippen LogP contribution >= 0.6 is 0 Å². The second-order valence-corrected chi connectivity index (χ2v) is 14.7. The van der Waals surface area contributed by atoms with Crippen LogP contribution in [0.15, 0.2) is 18.2 Å². The van der Waals surface area contributed by atoms with Gasteiger partial charge in [-0.3, -0.25) is 14.4 Å². The summed E-state index contributed by atoms with van der Waals surface area (Å²) in [5, 5.41) is 0. The summed E-state index contributed by atoms with van der Waals surface area (Å²) in [6, 6.07) is 3.58. The molecule has 9 heteroatoms. The summed E-state index contributed by atoms with van der Waals surface area (Å²) in [7, 11) is 0. The first-order valence-corrected chi connectivity index (χ1v) is 16.3. The molecule has 0 radical (unpaired) electrons. The Hall–Kier alpha value is -2.45. The predicted octanol–water partition coefficient (Wildman–Crippen LogP) is 8.39. The van der Waals surface area contributed by atoms with E-state index in [1.165, 1.54) is 19.9 Å². The number of esters is 2. The summed E-state index contributed by atoms with van der Waals surface area (Å²) in [6.07, 6.45) is 3.07. The number of hydrogen-bond donors (Lipinski definition) is 0. The molecule has 0 aromatic heterocycles. The van der Waals surface area contributed by atoms with Crippen molar-refractivity contribution in [2.45, 2.75) is 117 Å². The molecule has 5 nitrogen and oxygen atoms in total. The predicted molar refractivity (Wildman–Crippen MR) is 155 cm³/mol. The molecule has 244 valence electrons. The van der Waals surface area contributed by atoms with Gasteiger partial charge in [-0.25, -0.2) is 17.6 Å². The van der Waals surface area contributed by atoms with Crippen LogP contribution in [-0.2, 0) is 23.9 Å². The van der Waals surface area contributed by atoms with Crippen molar-refractivity contribution in [2.75, 3.05) is 0 Å². The van der Waals surface area contributed by atoms with Gasteiger partial charge in [-0.1, -0.05) is 33.3 Å². The normalized spacial score (nSPS) is 37.2. The lowest BCUT2D eigenvalue weighted by atomic mass is 9.43. The molecule has 5 rings (SSSR count). The molecular weight excluding hydrogens is 576 g/mol. The Morgan fingerprint density at radius 1 is 0.932 bits per heavy atom. The highest BCUT2D eigenvalue weighted by Crippen LogP contribution is 2.71. The number of rotatable bonds is 8. The standard InChI is InChI=1S/C35H46F4O5/c1-19(8-6-11-28(43-20(2)40)30-26(36)9-7-10-27(30)37)22-12-13-23-31-24(14-16-33(22,23)4)34(5)17-15-29(44-21(3)41)32(42)25(34)18-35(31,38)39/h7,9-10,19,22-25,28-29,31H,6,8,11-18H2,1-5H3/t19-,22-,23+,24+,25+,28?,29+,31+,33-,34-/m1/s1. The fraction of sp³-hybridized carbons (Fsp3) is 0.743. The third-order valence-corrected chi connectivity index (χ3v) is 12.3. The number of carbonyl (C=O) groups excluding carboxylic acids is 3. The van der Waals surface area contributed by atoms with Crippen LogP contribution in [-0.4, -0.2) is 29.7 Å². The second-order valence-electron chi connectivity index (χ2n) is 14.7. The highest BCUT2D eigenvalue weighted by atomic mass is 19.3. The van der Waals surface area contributed by atoms with Crippen LogP contribution in [0.5, 0.6) is 0 Å². The maximum absolute atomic E-state index is 16.2. The maximum atomic E-state index is 16.2. The maximum Gasteiger partial charge on any atom is 0.303 e. The highest BCUT2D eigenvalue weighted by Gasteiger charge is 2.69. The Bertz CT molecular complexity index is 1260. The number of benzene rings is 1. The van der Waals surface area contributed by atoms with Crippen molar-refractivity contribution in [3.8, 4) is 0 Å². The summed E-state index contributed by atoms with van der Waals surface area (Å²) in [4.78, 5) is 36.7. The van der Waals surface area contributed by atoms with Gasteiger partial charge in [0.15, 0.2) is 11.9 Å². The molecule has 4 aliphatic rings. The van der Waals surface area contributed by atoms with Gasteiger partial charge < -0.3 is 9.47 Å². The van der Waals surface area contributed by atoms with Gasteiger partial charge >= 0.3 is 11.9 Å². The molecule has 0 aliphatic heterocycles. The lowest BCUT2D eigenvalue weighted by Gasteiger charge is -2.62. The number of carbonyl (C=O) groups is 3. The Labute approximate surface area is 257 Å². The number of fused-ring (bicyclic) bond motifs is 5. The molecular formula is C35H46F4O5. The molecule has 1 aromatic rings. The first-order chi connectivity index (χ1) is 20.6. The molecule has 10 atom stereocenters. The molecule has 0 spiro atoms. The van der Waals surface area contributed by atoms with Gasteiger partial charge in [0.2, 0.25) is 0 Å². The lowest BCUT2D eigenvalue weighted by molar-refractivity contribution is -0.234. The molecule has 0 saturated heterocycles. The average molecular weight is 623 g/mol. The van der Waals surface area contributed by atoms with Gasteiger partial charge in [-0.15, -0.1) is 0 Å². The van der Waals surface area contributed by atoms with Gasteiger partial charge in [0, 0.05) is 32.1 Å². The fourth-order valence-electron chi connectivity index (χ4n) is 10.4. The second kappa shape index (κ2) is 12.1. The van der Waals surface area contributed by atoms with Crippen LogP contribution in [0.2, 0.25) is 0 Å². The number of Topliss-reactive ketones (excluding diaryl/α,β-unsaturated/α-hetero) is 1. The molecule has 4 fully saturated rings. The van der Waals surface area contributed by atoms with E-state index in [0.717, 1.165) is 31.4 Å². The summed E-state index contributed by atoms with van der Waals surface area (Å²) in [5.74, 6) is -7.66. The molecule has 0 N–H and O–H groups in total. The summed E-state index contributed by atoms with van der Waals surface area (Å²) in [6.45, 7) is 8.79. The van der Waals surface area contributed by atoms with E-state index in [-0.39, 0.29) is 46.9 Å². The van der Waals surface area contributed by atoms with Crippen LogP contribution in [0.25, 0.3) is 0 Å². The number of alkyl halides is 2. The molecule has 1 aromatic carbocycles. The van der Waals surface area contributed by atoms with Crippen LogP contribution in [0, 0.1) is 58.0 Å². The van der Waals surface area contributed by atoms with Crippen LogP contribution < -0.4 is 0 Å². The summed E-state index contributed by atoms with van der Waals surface area (Å²) < 4.78 is 72.1. The Morgan fingerprint density at radius 3 is 2.20 bits per heavy atom. The minimum Gasteiger partial charge on any atom is -0.457 e. The van der Waals surface area contributed by atoms with E-state index in [4.69, 9.17) is 9.47 Å². The molecule has 0 amide bonds. The number of ether oxygens (including phenoxy) is 2. The highest BCUT2D eigenvalue weighted by molar-refractivity contribution is 5.89. The number of hydrogen-bond acceptors (Lipinski definition) is 5. The topological polar surface area (TPSA) is 69.7 Å². The van der Waals surface area contributed by atoms with E-state index in [1.54, 1.807) is 0 Å². The monoisotopic (exact) mass is 622 g/mol. The van der Waals surface area contributed by atoms with E-state index in [0.29, 0.717) is 32.1 Å². The number of halogens is 4. The van der Waals surface area contributed by atoms with Gasteiger partial charge in [0.25, 0.3) is 5.92 Å². The molecule has 4 saturated carbocycles. The van der Waals surface area contributed by atoms with Crippen molar-refractivity contribution >= 4 is 17.7 Å².